The Morgan fingerprint density at radius 2 is 1.51 bits per heavy atom. The Hall–Kier alpha value is -1.67. The molecule has 7 heteroatoms. The van der Waals surface area contributed by atoms with Gasteiger partial charge in [0.2, 0.25) is 0 Å². The summed E-state index contributed by atoms with van der Waals surface area (Å²) in [5.74, 6) is -0.700. The molecule has 3 aliphatic rings. The number of benzene rings is 1. The molecule has 3 saturated heterocycles. The summed E-state index contributed by atoms with van der Waals surface area (Å²) in [6.07, 6.45) is 11.6. The Morgan fingerprint density at radius 3 is 2.19 bits per heavy atom. The summed E-state index contributed by atoms with van der Waals surface area (Å²) in [6.45, 7) is 7.93. The van der Waals surface area contributed by atoms with Gasteiger partial charge in [-0.2, -0.15) is 0 Å². The van der Waals surface area contributed by atoms with Gasteiger partial charge in [-0.25, -0.2) is 4.79 Å². The van der Waals surface area contributed by atoms with Gasteiger partial charge in [-0.3, -0.25) is 0 Å². The number of carbonyl (C=O) groups excluding carboxylic acids is 1. The van der Waals surface area contributed by atoms with Crippen LogP contribution in [0.25, 0.3) is 0 Å². The SMILES string of the molecule is CCCCCCCCCCCCO[C@H]1O[C@H]([C@@H]2CN(C)C(=O)N2Cc2ccccc2)[C@@H]2OC(C)(C)O[C@H]12. The van der Waals surface area contributed by atoms with Gasteiger partial charge in [0.25, 0.3) is 0 Å². The third-order valence-electron chi connectivity index (χ3n) is 7.84. The van der Waals surface area contributed by atoms with E-state index in [1.54, 1.807) is 4.90 Å². The average molecular weight is 517 g/mol. The van der Waals surface area contributed by atoms with Gasteiger partial charge in [0, 0.05) is 26.7 Å². The van der Waals surface area contributed by atoms with E-state index in [0.717, 1.165) is 12.0 Å². The monoisotopic (exact) mass is 516 g/mol. The van der Waals surface area contributed by atoms with E-state index in [4.69, 9.17) is 18.9 Å². The highest BCUT2D eigenvalue weighted by molar-refractivity contribution is 5.77. The summed E-state index contributed by atoms with van der Waals surface area (Å²) >= 11 is 0. The van der Waals surface area contributed by atoms with Gasteiger partial charge in [0.1, 0.15) is 18.3 Å². The highest BCUT2D eigenvalue weighted by Crippen LogP contribution is 2.42. The minimum absolute atomic E-state index is 0.0157. The molecular formula is C30H48N2O5. The van der Waals surface area contributed by atoms with Crippen LogP contribution >= 0.6 is 0 Å². The molecule has 3 fully saturated rings. The van der Waals surface area contributed by atoms with Crippen molar-refractivity contribution in [3.05, 3.63) is 35.9 Å². The highest BCUT2D eigenvalue weighted by Gasteiger charge is 2.60. The van der Waals surface area contributed by atoms with Crippen molar-refractivity contribution in [3.63, 3.8) is 0 Å². The third kappa shape index (κ3) is 7.47. The lowest BCUT2D eigenvalue weighted by Crippen LogP contribution is -2.47. The molecule has 0 saturated carbocycles. The fourth-order valence-electron chi connectivity index (χ4n) is 5.89. The second-order valence-corrected chi connectivity index (χ2v) is 11.4. The maximum Gasteiger partial charge on any atom is 0.320 e. The number of nitrogens with zero attached hydrogens (tertiary/aromatic N) is 2. The molecule has 208 valence electrons. The van der Waals surface area contributed by atoms with E-state index < -0.39 is 12.1 Å². The largest absolute Gasteiger partial charge is 0.350 e. The number of hydrogen-bond donors (Lipinski definition) is 0. The van der Waals surface area contributed by atoms with Crippen molar-refractivity contribution >= 4 is 6.03 Å². The second kappa shape index (κ2) is 13.4. The normalized spacial score (nSPS) is 28.9. The van der Waals surface area contributed by atoms with Crippen molar-refractivity contribution in [2.75, 3.05) is 20.2 Å². The zero-order valence-corrected chi connectivity index (χ0v) is 23.4. The quantitative estimate of drug-likeness (QED) is 0.264. The number of urea groups is 1. The molecule has 7 nitrogen and oxygen atoms in total. The molecule has 1 aromatic rings. The minimum Gasteiger partial charge on any atom is -0.350 e. The van der Waals surface area contributed by atoms with Gasteiger partial charge in [-0.15, -0.1) is 0 Å². The standard InChI is InChI=1S/C30H48N2O5/c1-5-6-7-8-9-10-11-12-13-17-20-34-28-27-26(36-30(2,3)37-27)25(35-28)24-22-31(4)29(33)32(24)21-23-18-15-14-16-19-23/h14-16,18-19,24-28H,5-13,17,20-22H2,1-4H3/t24-,25+,26-,27-,28-/m0/s1. The van der Waals surface area contributed by atoms with E-state index in [9.17, 15) is 4.79 Å². The summed E-state index contributed by atoms with van der Waals surface area (Å²) in [7, 11) is 1.85. The zero-order valence-electron chi connectivity index (χ0n) is 23.4. The number of amides is 2. The van der Waals surface area contributed by atoms with E-state index in [2.05, 4.69) is 19.1 Å². The van der Waals surface area contributed by atoms with Gasteiger partial charge < -0.3 is 28.7 Å². The molecule has 0 radical (unpaired) electrons. The van der Waals surface area contributed by atoms with Gasteiger partial charge >= 0.3 is 6.03 Å². The van der Waals surface area contributed by atoms with Crippen LogP contribution in [-0.4, -0.2) is 72.5 Å². The van der Waals surface area contributed by atoms with Crippen LogP contribution in [0.1, 0.15) is 90.5 Å². The van der Waals surface area contributed by atoms with Crippen LogP contribution in [0.4, 0.5) is 4.79 Å². The minimum atomic E-state index is -0.700. The third-order valence-corrected chi connectivity index (χ3v) is 7.84. The van der Waals surface area contributed by atoms with Gasteiger partial charge in [0.05, 0.1) is 6.04 Å². The Balaban J connectivity index is 1.28. The predicted molar refractivity (Wildman–Crippen MR) is 144 cm³/mol. The van der Waals surface area contributed by atoms with Crippen molar-refractivity contribution < 1.29 is 23.7 Å². The van der Waals surface area contributed by atoms with Crippen molar-refractivity contribution in [3.8, 4) is 0 Å². The molecule has 0 aromatic heterocycles. The lowest BCUT2D eigenvalue weighted by atomic mass is 10.0. The molecule has 0 unspecified atom stereocenters. The van der Waals surface area contributed by atoms with E-state index >= 15 is 0 Å². The van der Waals surface area contributed by atoms with Crippen LogP contribution < -0.4 is 0 Å². The fourth-order valence-corrected chi connectivity index (χ4v) is 5.89. The zero-order chi connectivity index (χ0) is 26.3. The van der Waals surface area contributed by atoms with Crippen LogP contribution in [0.15, 0.2) is 30.3 Å². The first-order valence-electron chi connectivity index (χ1n) is 14.6. The number of carbonyl (C=O) groups is 1. The highest BCUT2D eigenvalue weighted by atomic mass is 16.8. The van der Waals surface area contributed by atoms with Crippen LogP contribution in [0.2, 0.25) is 0 Å². The maximum atomic E-state index is 13.1. The van der Waals surface area contributed by atoms with Crippen LogP contribution in [-0.2, 0) is 25.5 Å². The lowest BCUT2D eigenvalue weighted by Gasteiger charge is -2.31. The Kier molecular flexibility index (Phi) is 10.3. The maximum absolute atomic E-state index is 13.1. The summed E-state index contributed by atoms with van der Waals surface area (Å²) in [4.78, 5) is 16.7. The van der Waals surface area contributed by atoms with Gasteiger partial charge in [-0.1, -0.05) is 95.0 Å². The molecule has 5 atom stereocenters. The molecule has 0 aliphatic carbocycles. The Bertz CT molecular complexity index is 835. The molecule has 2 amide bonds. The topological polar surface area (TPSA) is 60.5 Å². The average Bonchev–Trinajstić information content (AvgIpc) is 3.47. The van der Waals surface area contributed by atoms with Crippen molar-refractivity contribution in [2.24, 2.45) is 0 Å². The first-order valence-corrected chi connectivity index (χ1v) is 14.6. The van der Waals surface area contributed by atoms with E-state index in [-0.39, 0.29) is 30.4 Å². The van der Waals surface area contributed by atoms with E-state index in [1.807, 2.05) is 44.0 Å². The first-order chi connectivity index (χ1) is 17.9. The van der Waals surface area contributed by atoms with Gasteiger partial charge in [-0.05, 0) is 25.8 Å². The van der Waals surface area contributed by atoms with E-state index in [1.165, 1.54) is 57.8 Å². The van der Waals surface area contributed by atoms with Crippen molar-refractivity contribution in [2.45, 2.75) is 128 Å². The van der Waals surface area contributed by atoms with Gasteiger partial charge in [0.15, 0.2) is 12.1 Å². The molecule has 3 heterocycles. The van der Waals surface area contributed by atoms with Crippen LogP contribution in [0.3, 0.4) is 0 Å². The number of fused-ring (bicyclic) bond motifs is 1. The number of hydrogen-bond acceptors (Lipinski definition) is 5. The van der Waals surface area contributed by atoms with Crippen molar-refractivity contribution in [1.29, 1.82) is 0 Å². The number of unbranched alkanes of at least 4 members (excludes halogenated alkanes) is 9. The number of rotatable bonds is 15. The van der Waals surface area contributed by atoms with E-state index in [0.29, 0.717) is 19.7 Å². The second-order valence-electron chi connectivity index (χ2n) is 11.4. The summed E-state index contributed by atoms with van der Waals surface area (Å²) in [5.41, 5.74) is 1.10. The van der Waals surface area contributed by atoms with Crippen LogP contribution in [0.5, 0.6) is 0 Å². The number of ether oxygens (including phenoxy) is 4. The fraction of sp³-hybridized carbons (Fsp3) is 0.767. The Morgan fingerprint density at radius 1 is 0.892 bits per heavy atom. The number of likely N-dealkylation sites (N-methyl/N-ethyl adjacent to an activating group) is 1. The first kappa shape index (κ1) is 28.3. The summed E-state index contributed by atoms with van der Waals surface area (Å²) < 4.78 is 25.3. The molecule has 0 bridgehead atoms. The molecule has 37 heavy (non-hydrogen) atoms. The molecule has 4 rings (SSSR count). The summed E-state index contributed by atoms with van der Waals surface area (Å²) in [5, 5.41) is 0. The van der Waals surface area contributed by atoms with Crippen LogP contribution in [0, 0.1) is 0 Å². The molecule has 3 aliphatic heterocycles. The molecule has 0 spiro atoms. The van der Waals surface area contributed by atoms with Crippen molar-refractivity contribution in [1.82, 2.24) is 9.80 Å². The summed E-state index contributed by atoms with van der Waals surface area (Å²) in [6, 6.07) is 9.99. The molecule has 1 aromatic carbocycles. The Labute approximate surface area is 223 Å². The molecule has 0 N–H and O–H groups in total. The molecular weight excluding hydrogens is 468 g/mol. The predicted octanol–water partition coefficient (Wildman–Crippen LogP) is 6.11. The lowest BCUT2D eigenvalue weighted by molar-refractivity contribution is -0.238. The smallest absolute Gasteiger partial charge is 0.320 e.